The van der Waals surface area contributed by atoms with Gasteiger partial charge < -0.3 is 15.8 Å². The molecule has 0 spiro atoms. The summed E-state index contributed by atoms with van der Waals surface area (Å²) in [4.78, 5) is 22.5. The molecule has 1 aromatic carbocycles. The van der Waals surface area contributed by atoms with Crippen LogP contribution >= 0.6 is 0 Å². The fourth-order valence-corrected chi connectivity index (χ4v) is 1.42. The van der Waals surface area contributed by atoms with E-state index < -0.39 is 6.03 Å². The Labute approximate surface area is 122 Å². The molecule has 0 saturated heterocycles. The van der Waals surface area contributed by atoms with Crippen molar-refractivity contribution in [1.82, 2.24) is 10.4 Å². The van der Waals surface area contributed by atoms with E-state index in [1.54, 1.807) is 24.3 Å². The highest BCUT2D eigenvalue weighted by Crippen LogP contribution is 2.13. The molecule has 0 aliphatic heterocycles. The molecule has 0 radical (unpaired) electrons. The van der Waals surface area contributed by atoms with Crippen molar-refractivity contribution in [2.75, 3.05) is 19.7 Å². The lowest BCUT2D eigenvalue weighted by Crippen LogP contribution is -2.39. The fraction of sp³-hybridized carbons (Fsp3) is 0.286. The minimum atomic E-state index is -0.973. The summed E-state index contributed by atoms with van der Waals surface area (Å²) < 4.78 is 5.44. The first-order chi connectivity index (χ1) is 9.90. The summed E-state index contributed by atoms with van der Waals surface area (Å²) in [6, 6.07) is 5.70. The molecule has 21 heavy (non-hydrogen) atoms. The smallest absolute Gasteiger partial charge is 0.338 e. The third-order valence-electron chi connectivity index (χ3n) is 2.45. The Morgan fingerprint density at radius 2 is 2.19 bits per heavy atom. The van der Waals surface area contributed by atoms with E-state index in [2.05, 4.69) is 11.9 Å². The number of nitrogens with zero attached hydrogens (tertiary/aromatic N) is 1. The molecule has 4 N–H and O–H groups in total. The number of ether oxygens (including phenoxy) is 1. The zero-order valence-corrected chi connectivity index (χ0v) is 11.8. The summed E-state index contributed by atoms with van der Waals surface area (Å²) in [5.41, 5.74) is 6.13. The van der Waals surface area contributed by atoms with Crippen molar-refractivity contribution in [2.45, 2.75) is 6.92 Å². The number of nitrogens with one attached hydrogen (secondary N) is 1. The molecule has 1 aromatic rings. The van der Waals surface area contributed by atoms with E-state index in [1.165, 1.54) is 0 Å². The van der Waals surface area contributed by atoms with Gasteiger partial charge in [-0.15, -0.1) is 0 Å². The molecule has 0 unspecified atom stereocenters. The van der Waals surface area contributed by atoms with Crippen LogP contribution in [0.15, 0.2) is 36.4 Å². The summed E-state index contributed by atoms with van der Waals surface area (Å²) in [6.45, 7) is 5.94. The summed E-state index contributed by atoms with van der Waals surface area (Å²) in [5.74, 6) is 0.222. The first-order valence-electron chi connectivity index (χ1n) is 6.31. The van der Waals surface area contributed by atoms with Crippen molar-refractivity contribution in [3.05, 3.63) is 42.0 Å². The molecule has 0 bridgehead atoms. The van der Waals surface area contributed by atoms with Gasteiger partial charge in [-0.1, -0.05) is 12.6 Å². The van der Waals surface area contributed by atoms with Gasteiger partial charge in [-0.3, -0.25) is 10.0 Å². The molecule has 114 valence electrons. The quantitative estimate of drug-likeness (QED) is 0.398. The highest BCUT2D eigenvalue weighted by atomic mass is 16.5. The van der Waals surface area contributed by atoms with Crippen LogP contribution in [0.2, 0.25) is 0 Å². The zero-order valence-electron chi connectivity index (χ0n) is 11.8. The third kappa shape index (κ3) is 5.96. The van der Waals surface area contributed by atoms with Crippen LogP contribution in [0.4, 0.5) is 4.79 Å². The molecule has 0 aliphatic carbocycles. The molecule has 7 heteroatoms. The molecule has 0 atom stereocenters. The maximum absolute atomic E-state index is 11.9. The molecule has 7 nitrogen and oxygen atoms in total. The minimum absolute atomic E-state index is 0.0785. The molecule has 0 heterocycles. The number of hydroxylamine groups is 2. The van der Waals surface area contributed by atoms with E-state index in [1.807, 2.05) is 6.92 Å². The number of hydrogen-bond donors (Lipinski definition) is 3. The predicted molar refractivity (Wildman–Crippen MR) is 77.2 cm³/mol. The number of rotatable bonds is 7. The Kier molecular flexibility index (Phi) is 6.22. The van der Waals surface area contributed by atoms with Crippen LogP contribution in [-0.4, -0.2) is 41.9 Å². The minimum Gasteiger partial charge on any atom is -0.489 e. The first-order valence-corrected chi connectivity index (χ1v) is 6.31. The van der Waals surface area contributed by atoms with Gasteiger partial charge in [-0.05, 0) is 30.7 Å². The summed E-state index contributed by atoms with van der Waals surface area (Å²) in [6.07, 6.45) is 0. The van der Waals surface area contributed by atoms with Crippen molar-refractivity contribution in [3.63, 3.8) is 0 Å². The average molecular weight is 293 g/mol. The molecule has 0 aliphatic rings. The molecular formula is C14H19N3O4. The Bertz CT molecular complexity index is 531. The third-order valence-corrected chi connectivity index (χ3v) is 2.45. The number of hydrogen-bond acceptors (Lipinski definition) is 4. The fourth-order valence-electron chi connectivity index (χ4n) is 1.42. The maximum atomic E-state index is 11.9. The van der Waals surface area contributed by atoms with Gasteiger partial charge in [0, 0.05) is 12.1 Å². The van der Waals surface area contributed by atoms with Crippen LogP contribution in [0.1, 0.15) is 17.3 Å². The van der Waals surface area contributed by atoms with E-state index in [4.69, 9.17) is 15.7 Å². The van der Waals surface area contributed by atoms with Crippen molar-refractivity contribution >= 4 is 11.9 Å². The van der Waals surface area contributed by atoms with E-state index in [-0.39, 0.29) is 19.0 Å². The van der Waals surface area contributed by atoms with Gasteiger partial charge in [-0.25, -0.2) is 9.86 Å². The Balaban J connectivity index is 2.52. The van der Waals surface area contributed by atoms with Gasteiger partial charge in [0.15, 0.2) is 0 Å². The second kappa shape index (κ2) is 7.91. The predicted octanol–water partition coefficient (Wildman–Crippen LogP) is 1.14. The summed E-state index contributed by atoms with van der Waals surface area (Å²) >= 11 is 0. The van der Waals surface area contributed by atoms with Crippen molar-refractivity contribution in [2.24, 2.45) is 5.73 Å². The van der Waals surface area contributed by atoms with Gasteiger partial charge in [-0.2, -0.15) is 0 Å². The van der Waals surface area contributed by atoms with Crippen molar-refractivity contribution < 1.29 is 19.5 Å². The SMILES string of the molecule is C=C(C)COc1cccc(C(=O)NCCN(O)C(N)=O)c1. The summed E-state index contributed by atoms with van der Waals surface area (Å²) in [5, 5.41) is 11.9. The van der Waals surface area contributed by atoms with Crippen LogP contribution in [0, 0.1) is 0 Å². The molecule has 0 aromatic heterocycles. The Morgan fingerprint density at radius 3 is 2.81 bits per heavy atom. The van der Waals surface area contributed by atoms with Crippen molar-refractivity contribution in [3.8, 4) is 5.75 Å². The van der Waals surface area contributed by atoms with Crippen LogP contribution in [0.25, 0.3) is 0 Å². The maximum Gasteiger partial charge on any atom is 0.338 e. The number of amides is 3. The summed E-state index contributed by atoms with van der Waals surface area (Å²) in [7, 11) is 0. The van der Waals surface area contributed by atoms with Crippen LogP contribution < -0.4 is 15.8 Å². The number of primary amides is 1. The molecular weight excluding hydrogens is 274 g/mol. The van der Waals surface area contributed by atoms with Gasteiger partial charge >= 0.3 is 6.03 Å². The van der Waals surface area contributed by atoms with Crippen LogP contribution in [0.3, 0.4) is 0 Å². The molecule has 0 fully saturated rings. The highest BCUT2D eigenvalue weighted by molar-refractivity contribution is 5.94. The highest BCUT2D eigenvalue weighted by Gasteiger charge is 2.09. The standard InChI is InChI=1S/C14H19N3O4/c1-10(2)9-21-12-5-3-4-11(8-12)13(18)16-6-7-17(20)14(15)19/h3-5,8,20H,1,6-7,9H2,2H3,(H2,15,19)(H,16,18). The molecule has 0 saturated carbocycles. The van der Waals surface area contributed by atoms with Gasteiger partial charge in [0.25, 0.3) is 5.91 Å². The second-order valence-electron chi connectivity index (χ2n) is 4.49. The Morgan fingerprint density at radius 1 is 1.48 bits per heavy atom. The number of carbonyl (C=O) groups excluding carboxylic acids is 2. The van der Waals surface area contributed by atoms with Gasteiger partial charge in [0.2, 0.25) is 0 Å². The van der Waals surface area contributed by atoms with E-state index >= 15 is 0 Å². The van der Waals surface area contributed by atoms with Gasteiger partial charge in [0.1, 0.15) is 12.4 Å². The number of nitrogens with two attached hydrogens (primary N) is 1. The van der Waals surface area contributed by atoms with Gasteiger partial charge in [0.05, 0.1) is 6.54 Å². The molecule has 3 amide bonds. The number of carbonyl (C=O) groups is 2. The largest absolute Gasteiger partial charge is 0.489 e. The van der Waals surface area contributed by atoms with Crippen molar-refractivity contribution in [1.29, 1.82) is 0 Å². The van der Waals surface area contributed by atoms with Crippen LogP contribution in [-0.2, 0) is 0 Å². The first kappa shape index (κ1) is 16.5. The van der Waals surface area contributed by atoms with E-state index in [0.29, 0.717) is 23.0 Å². The second-order valence-corrected chi connectivity index (χ2v) is 4.49. The normalized spacial score (nSPS) is 9.81. The van der Waals surface area contributed by atoms with E-state index in [9.17, 15) is 9.59 Å². The van der Waals surface area contributed by atoms with E-state index in [0.717, 1.165) is 5.57 Å². The lowest BCUT2D eigenvalue weighted by Gasteiger charge is -2.12. The average Bonchev–Trinajstić information content (AvgIpc) is 2.45. The molecule has 1 rings (SSSR count). The lowest BCUT2D eigenvalue weighted by molar-refractivity contribution is -0.0376. The number of benzene rings is 1. The number of urea groups is 1. The lowest BCUT2D eigenvalue weighted by atomic mass is 10.2. The topological polar surface area (TPSA) is 105 Å². The zero-order chi connectivity index (χ0) is 15.8. The van der Waals surface area contributed by atoms with Crippen LogP contribution in [0.5, 0.6) is 5.75 Å². The monoisotopic (exact) mass is 293 g/mol. The Hall–Kier alpha value is -2.54.